The zero-order valence-electron chi connectivity index (χ0n) is 38.5. The van der Waals surface area contributed by atoms with Crippen molar-refractivity contribution in [1.82, 2.24) is 26.6 Å². The van der Waals surface area contributed by atoms with Crippen LogP contribution in [0.2, 0.25) is 0 Å². The second-order valence-corrected chi connectivity index (χ2v) is 15.6. The molecule has 0 aromatic carbocycles. The third kappa shape index (κ3) is 39.4. The van der Waals surface area contributed by atoms with Gasteiger partial charge in [0.1, 0.15) is 31.3 Å². The van der Waals surface area contributed by atoms with Crippen LogP contribution in [-0.4, -0.2) is 164 Å². The third-order valence-corrected chi connectivity index (χ3v) is 9.78. The van der Waals surface area contributed by atoms with E-state index in [1.165, 1.54) is 0 Å². The van der Waals surface area contributed by atoms with Crippen molar-refractivity contribution in [3.63, 3.8) is 0 Å². The summed E-state index contributed by atoms with van der Waals surface area (Å²) in [6.45, 7) is 0.841. The fourth-order valence-corrected chi connectivity index (χ4v) is 6.17. The number of aliphatic carboxylic acids is 4. The Kier molecular flexibility index (Phi) is 37.5. The van der Waals surface area contributed by atoms with E-state index < -0.39 is 90.8 Å². The molecule has 0 radical (unpaired) electrons. The number of carboxylic acid groups (broad SMARTS) is 4. The number of hydrogen-bond acceptors (Lipinski definition) is 14. The quantitative estimate of drug-likeness (QED) is 0.0368. The van der Waals surface area contributed by atoms with Crippen LogP contribution in [0.4, 0.5) is 0 Å². The number of carboxylic acids is 4. The summed E-state index contributed by atoms with van der Waals surface area (Å²) in [5.74, 6) is -8.69. The topological polar surface area (TPSA) is 375 Å². The van der Waals surface area contributed by atoms with E-state index in [0.29, 0.717) is 12.8 Å². The van der Waals surface area contributed by atoms with Crippen LogP contribution in [0.25, 0.3) is 0 Å². The van der Waals surface area contributed by atoms with Crippen molar-refractivity contribution in [3.8, 4) is 0 Å². The van der Waals surface area contributed by atoms with Gasteiger partial charge in [-0.15, -0.1) is 0 Å². The van der Waals surface area contributed by atoms with Crippen molar-refractivity contribution in [2.75, 3.05) is 65.9 Å². The molecule has 0 aromatic rings. The molecule has 0 aliphatic heterocycles. The Hall–Kier alpha value is -5.46. The largest absolute Gasteiger partial charge is 0.481 e. The minimum atomic E-state index is -1.56. The van der Waals surface area contributed by atoms with Crippen LogP contribution in [0.1, 0.15) is 128 Å². The number of carbonyl (C=O) groups excluding carboxylic acids is 6. The van der Waals surface area contributed by atoms with Crippen LogP contribution in [0.15, 0.2) is 0 Å². The molecular formula is C43H74N6O18. The second-order valence-electron chi connectivity index (χ2n) is 15.6. The normalized spacial score (nSPS) is 12.2. The third-order valence-electron chi connectivity index (χ3n) is 9.78. The summed E-state index contributed by atoms with van der Waals surface area (Å²) in [4.78, 5) is 118. The van der Waals surface area contributed by atoms with E-state index in [2.05, 4.69) is 26.6 Å². The van der Waals surface area contributed by atoms with E-state index in [1.807, 2.05) is 0 Å². The minimum Gasteiger partial charge on any atom is -0.481 e. The van der Waals surface area contributed by atoms with Crippen LogP contribution in [0.5, 0.6) is 0 Å². The van der Waals surface area contributed by atoms with E-state index >= 15 is 0 Å². The van der Waals surface area contributed by atoms with Crippen LogP contribution in [0, 0.1) is 0 Å². The lowest BCUT2D eigenvalue weighted by atomic mass is 10.0. The fourth-order valence-electron chi connectivity index (χ4n) is 6.17. The molecular weight excluding hydrogens is 888 g/mol. The first-order valence-electron chi connectivity index (χ1n) is 22.9. The highest BCUT2D eigenvalue weighted by Crippen LogP contribution is 2.13. The molecule has 0 rings (SSSR count). The smallest absolute Gasteiger partial charge is 0.326 e. The molecule has 0 saturated carbocycles. The van der Waals surface area contributed by atoms with E-state index in [-0.39, 0.29) is 104 Å². The number of primary amides is 1. The predicted molar refractivity (Wildman–Crippen MR) is 237 cm³/mol. The molecule has 24 nitrogen and oxygen atoms in total. The van der Waals surface area contributed by atoms with Gasteiger partial charge in [0.15, 0.2) is 0 Å². The van der Waals surface area contributed by atoms with Gasteiger partial charge in [-0.3, -0.25) is 33.6 Å². The number of carbonyl (C=O) groups is 10. The van der Waals surface area contributed by atoms with Crippen LogP contribution in [-0.2, 0) is 66.9 Å². The van der Waals surface area contributed by atoms with Crippen LogP contribution >= 0.6 is 0 Å². The van der Waals surface area contributed by atoms with Crippen LogP contribution in [0.3, 0.4) is 0 Å². The summed E-state index contributed by atoms with van der Waals surface area (Å²) in [5, 5.41) is 49.4. The lowest BCUT2D eigenvalue weighted by molar-refractivity contribution is -0.144. The minimum absolute atomic E-state index is 0.0794. The van der Waals surface area contributed by atoms with Gasteiger partial charge in [0, 0.05) is 45.2 Å². The van der Waals surface area contributed by atoms with Crippen molar-refractivity contribution < 1.29 is 87.3 Å². The highest BCUT2D eigenvalue weighted by Gasteiger charge is 2.26. The maximum Gasteiger partial charge on any atom is 0.326 e. The Morgan fingerprint density at radius 3 is 1.09 bits per heavy atom. The average molecular weight is 963 g/mol. The molecule has 0 unspecified atom stereocenters. The van der Waals surface area contributed by atoms with Gasteiger partial charge in [-0.25, -0.2) is 14.4 Å². The molecule has 0 aliphatic rings. The molecule has 0 bridgehead atoms. The molecule has 384 valence electrons. The van der Waals surface area contributed by atoms with Crippen molar-refractivity contribution in [1.29, 1.82) is 0 Å². The molecule has 3 atom stereocenters. The van der Waals surface area contributed by atoms with Gasteiger partial charge in [0.25, 0.3) is 0 Å². The molecule has 0 spiro atoms. The lowest BCUT2D eigenvalue weighted by Gasteiger charge is -2.18. The van der Waals surface area contributed by atoms with Gasteiger partial charge in [-0.2, -0.15) is 0 Å². The van der Waals surface area contributed by atoms with Gasteiger partial charge in [-0.1, -0.05) is 64.2 Å². The predicted octanol–water partition coefficient (Wildman–Crippen LogP) is 0.365. The summed E-state index contributed by atoms with van der Waals surface area (Å²) in [7, 11) is 0. The van der Waals surface area contributed by atoms with Gasteiger partial charge >= 0.3 is 23.9 Å². The maximum absolute atomic E-state index is 12.6. The SMILES string of the molecule is NC(=O)COCCOCCNC(=O)COCCOCCNC(=O)CC[C@H](NC(=O)CC[C@H](NC(=O)CC[C@H](NC(=O)CCCCCCCCCCCCCCC(=O)O)C(=O)O)C(=O)O)C(=O)O. The van der Waals surface area contributed by atoms with E-state index in [1.54, 1.807) is 0 Å². The fraction of sp³-hybridized carbons (Fsp3) is 0.767. The van der Waals surface area contributed by atoms with E-state index in [9.17, 15) is 63.3 Å². The summed E-state index contributed by atoms with van der Waals surface area (Å²) < 4.78 is 20.7. The van der Waals surface area contributed by atoms with Crippen molar-refractivity contribution in [2.24, 2.45) is 5.73 Å². The molecule has 67 heavy (non-hydrogen) atoms. The van der Waals surface area contributed by atoms with Crippen molar-refractivity contribution in [3.05, 3.63) is 0 Å². The Labute approximate surface area is 390 Å². The number of hydrogen-bond donors (Lipinski definition) is 10. The van der Waals surface area contributed by atoms with E-state index in [0.717, 1.165) is 64.2 Å². The second kappa shape index (κ2) is 40.8. The molecule has 0 fully saturated rings. The highest BCUT2D eigenvalue weighted by molar-refractivity contribution is 5.87. The van der Waals surface area contributed by atoms with Crippen LogP contribution < -0.4 is 32.3 Å². The summed E-state index contributed by atoms with van der Waals surface area (Å²) in [6, 6.07) is -4.43. The average Bonchev–Trinajstić information content (AvgIpc) is 3.26. The zero-order chi connectivity index (χ0) is 50.1. The number of rotatable bonds is 46. The molecule has 11 N–H and O–H groups in total. The number of unbranched alkanes of at least 4 members (excludes halogenated alkanes) is 11. The molecule has 0 aliphatic carbocycles. The Balaban J connectivity index is 4.27. The molecule has 0 saturated heterocycles. The first-order chi connectivity index (χ1) is 32.0. The van der Waals surface area contributed by atoms with Gasteiger partial charge in [0.2, 0.25) is 35.4 Å². The first kappa shape index (κ1) is 61.5. The Bertz CT molecular complexity index is 1500. The molecule has 24 heteroatoms. The monoisotopic (exact) mass is 963 g/mol. The highest BCUT2D eigenvalue weighted by atomic mass is 16.5. The van der Waals surface area contributed by atoms with Gasteiger partial charge < -0.3 is 71.7 Å². The maximum atomic E-state index is 12.6. The first-order valence-corrected chi connectivity index (χ1v) is 22.9. The molecule has 6 amide bonds. The van der Waals surface area contributed by atoms with Crippen molar-refractivity contribution >= 4 is 59.3 Å². The number of nitrogens with two attached hydrogens (primary N) is 1. The Morgan fingerprint density at radius 2 is 0.701 bits per heavy atom. The van der Waals surface area contributed by atoms with Gasteiger partial charge in [-0.05, 0) is 32.1 Å². The summed E-state index contributed by atoms with van der Waals surface area (Å²) >= 11 is 0. The standard InChI is InChI=1S/C43H74N6O18/c44-34(50)29-66-27-25-65-24-22-46-39(55)30-67-28-26-64-23-21-45-35(51)18-15-31(41(58)59)48-37(53)20-17-33(43(62)63)49-38(54)19-16-32(42(60)61)47-36(52)13-11-9-7-5-3-1-2-4-6-8-10-12-14-40(56)57/h31-33H,1-30H2,(H2,44,50)(H,45,51)(H,46,55)(H,47,52)(H,48,53)(H,49,54)(H,56,57)(H,58,59)(H,60,61)(H,62,63)/t31-,32-,33-/m0/s1. The Morgan fingerprint density at radius 1 is 0.373 bits per heavy atom. The van der Waals surface area contributed by atoms with E-state index in [4.69, 9.17) is 29.8 Å². The molecule has 0 aromatic heterocycles. The molecule has 0 heterocycles. The number of ether oxygens (including phenoxy) is 4. The van der Waals surface area contributed by atoms with Crippen molar-refractivity contribution in [2.45, 2.75) is 147 Å². The van der Waals surface area contributed by atoms with Gasteiger partial charge in [0.05, 0.1) is 39.6 Å². The lowest BCUT2D eigenvalue weighted by Crippen LogP contribution is -2.45. The zero-order valence-corrected chi connectivity index (χ0v) is 38.5. The number of nitrogens with one attached hydrogen (secondary N) is 5. The summed E-state index contributed by atoms with van der Waals surface area (Å²) in [5.41, 5.74) is 4.94. The number of amides is 6. The summed E-state index contributed by atoms with van der Waals surface area (Å²) in [6.07, 6.45) is 9.60.